The number of nitro groups is 1. The topological polar surface area (TPSA) is 108 Å². The second kappa shape index (κ2) is 12.5. The SMILES string of the molecule is N#C/C(=C\C1=C(N2CCOCC2)C(=C\c2cccc([N+](=O)[O-])c2)/CC1)C(=O)Nc1ccc(SC(F)F)cc1. The number of anilines is 1. The number of hydrogen-bond acceptors (Lipinski definition) is 7. The number of hydrogen-bond donors (Lipinski definition) is 1. The summed E-state index contributed by atoms with van der Waals surface area (Å²) < 4.78 is 30.6. The molecule has 1 amide bonds. The number of allylic oxidation sites excluding steroid dienone is 3. The van der Waals surface area contributed by atoms with E-state index in [4.69, 9.17) is 4.74 Å². The van der Waals surface area contributed by atoms with Crippen LogP contribution in [-0.2, 0) is 9.53 Å². The van der Waals surface area contributed by atoms with Crippen LogP contribution in [0.15, 0.2) is 81.9 Å². The molecule has 38 heavy (non-hydrogen) atoms. The number of thioether (sulfide) groups is 1. The molecule has 0 atom stereocenters. The van der Waals surface area contributed by atoms with Gasteiger partial charge in [-0.3, -0.25) is 14.9 Å². The molecule has 0 radical (unpaired) electrons. The van der Waals surface area contributed by atoms with Gasteiger partial charge >= 0.3 is 0 Å². The second-order valence-electron chi connectivity index (χ2n) is 8.52. The first-order valence-electron chi connectivity index (χ1n) is 11.8. The normalized spacial score (nSPS) is 17.2. The van der Waals surface area contributed by atoms with E-state index < -0.39 is 16.6 Å². The summed E-state index contributed by atoms with van der Waals surface area (Å²) in [5, 5.41) is 23.6. The molecule has 8 nitrogen and oxygen atoms in total. The first-order chi connectivity index (χ1) is 18.3. The lowest BCUT2D eigenvalue weighted by Gasteiger charge is -2.31. The minimum Gasteiger partial charge on any atom is -0.378 e. The first-order valence-corrected chi connectivity index (χ1v) is 12.7. The number of amides is 1. The number of alkyl halides is 2. The van der Waals surface area contributed by atoms with Crippen LogP contribution < -0.4 is 5.32 Å². The van der Waals surface area contributed by atoms with Crippen molar-refractivity contribution >= 4 is 35.1 Å². The number of carbonyl (C=O) groups excluding carboxylic acids is 1. The third-order valence-electron chi connectivity index (χ3n) is 6.04. The summed E-state index contributed by atoms with van der Waals surface area (Å²) in [6.45, 7) is 2.35. The minimum atomic E-state index is -2.54. The molecule has 0 unspecified atom stereocenters. The Bertz CT molecular complexity index is 1340. The van der Waals surface area contributed by atoms with E-state index in [1.165, 1.54) is 36.4 Å². The number of non-ortho nitro benzene ring substituents is 1. The van der Waals surface area contributed by atoms with E-state index in [9.17, 15) is 29.0 Å². The number of nitriles is 1. The first kappa shape index (κ1) is 27.0. The van der Waals surface area contributed by atoms with Crippen molar-refractivity contribution in [2.45, 2.75) is 23.5 Å². The van der Waals surface area contributed by atoms with Gasteiger partial charge in [-0.25, -0.2) is 0 Å². The summed E-state index contributed by atoms with van der Waals surface area (Å²) in [5.41, 5.74) is 3.66. The molecule has 1 aliphatic heterocycles. The van der Waals surface area contributed by atoms with Gasteiger partial charge in [0.05, 0.1) is 18.1 Å². The van der Waals surface area contributed by atoms with Crippen molar-refractivity contribution in [1.29, 1.82) is 5.26 Å². The van der Waals surface area contributed by atoms with Crippen molar-refractivity contribution in [1.82, 2.24) is 4.90 Å². The molecule has 11 heteroatoms. The van der Waals surface area contributed by atoms with E-state index in [0.29, 0.717) is 67.1 Å². The van der Waals surface area contributed by atoms with Gasteiger partial charge < -0.3 is 15.0 Å². The number of nitro benzene ring substituents is 1. The lowest BCUT2D eigenvalue weighted by atomic mass is 10.1. The van der Waals surface area contributed by atoms with Crippen molar-refractivity contribution in [3.8, 4) is 6.07 Å². The van der Waals surface area contributed by atoms with E-state index >= 15 is 0 Å². The number of nitrogens with one attached hydrogen (secondary N) is 1. The molecular weight excluding hydrogens is 514 g/mol. The Morgan fingerprint density at radius 1 is 1.18 bits per heavy atom. The molecule has 2 aromatic carbocycles. The van der Waals surface area contributed by atoms with E-state index in [-0.39, 0.29) is 11.3 Å². The molecule has 0 aromatic heterocycles. The van der Waals surface area contributed by atoms with Crippen LogP contribution in [0.5, 0.6) is 0 Å². The molecule has 2 aliphatic rings. The van der Waals surface area contributed by atoms with E-state index in [0.717, 1.165) is 16.8 Å². The molecule has 1 heterocycles. The van der Waals surface area contributed by atoms with Gasteiger partial charge in [-0.05, 0) is 66.0 Å². The number of carbonyl (C=O) groups is 1. The molecule has 1 aliphatic carbocycles. The summed E-state index contributed by atoms with van der Waals surface area (Å²) in [6.07, 6.45) is 4.72. The van der Waals surface area contributed by atoms with Gasteiger partial charge in [-0.15, -0.1) is 0 Å². The van der Waals surface area contributed by atoms with Crippen LogP contribution in [0.4, 0.5) is 20.2 Å². The highest BCUT2D eigenvalue weighted by Gasteiger charge is 2.26. The van der Waals surface area contributed by atoms with Gasteiger partial charge in [-0.2, -0.15) is 14.0 Å². The molecule has 0 spiro atoms. The quantitative estimate of drug-likeness (QED) is 0.150. The molecule has 0 saturated carbocycles. The Labute approximate surface area is 222 Å². The maximum absolute atomic E-state index is 12.9. The zero-order valence-corrected chi connectivity index (χ0v) is 21.0. The minimum absolute atomic E-state index is 0.00126. The smallest absolute Gasteiger partial charge is 0.288 e. The van der Waals surface area contributed by atoms with Gasteiger partial charge in [-0.1, -0.05) is 23.9 Å². The third kappa shape index (κ3) is 6.85. The Morgan fingerprint density at radius 2 is 1.92 bits per heavy atom. The van der Waals surface area contributed by atoms with Gasteiger partial charge in [0.15, 0.2) is 0 Å². The van der Waals surface area contributed by atoms with Crippen molar-refractivity contribution in [3.63, 3.8) is 0 Å². The highest BCUT2D eigenvalue weighted by Crippen LogP contribution is 2.37. The number of rotatable bonds is 8. The fourth-order valence-electron chi connectivity index (χ4n) is 4.36. The third-order valence-corrected chi connectivity index (χ3v) is 6.76. The Balaban J connectivity index is 1.63. The zero-order chi connectivity index (χ0) is 27.1. The average Bonchev–Trinajstić information content (AvgIpc) is 3.30. The Morgan fingerprint density at radius 3 is 2.58 bits per heavy atom. The Hall–Kier alpha value is -4.01. The number of nitrogens with zero attached hydrogens (tertiary/aromatic N) is 3. The van der Waals surface area contributed by atoms with Crippen molar-refractivity contribution in [2.75, 3.05) is 31.6 Å². The molecule has 2 aromatic rings. The molecule has 196 valence electrons. The molecule has 1 fully saturated rings. The van der Waals surface area contributed by atoms with Crippen LogP contribution >= 0.6 is 11.8 Å². The fourth-order valence-corrected chi connectivity index (χ4v) is 4.86. The van der Waals surface area contributed by atoms with Crippen LogP contribution in [0.25, 0.3) is 6.08 Å². The monoisotopic (exact) mass is 538 g/mol. The summed E-state index contributed by atoms with van der Waals surface area (Å²) >= 11 is 0.407. The predicted molar refractivity (Wildman–Crippen MR) is 140 cm³/mol. The summed E-state index contributed by atoms with van der Waals surface area (Å²) in [4.78, 5) is 26.2. The van der Waals surface area contributed by atoms with Gasteiger partial charge in [0, 0.05) is 41.5 Å². The molecule has 4 rings (SSSR count). The van der Waals surface area contributed by atoms with Gasteiger partial charge in [0.2, 0.25) is 0 Å². The van der Waals surface area contributed by atoms with Crippen LogP contribution in [0, 0.1) is 21.4 Å². The number of morpholine rings is 1. The van der Waals surface area contributed by atoms with Crippen LogP contribution in [0.2, 0.25) is 0 Å². The molecule has 1 N–H and O–H groups in total. The van der Waals surface area contributed by atoms with Gasteiger partial charge in [0.1, 0.15) is 11.6 Å². The Kier molecular flexibility index (Phi) is 8.89. The van der Waals surface area contributed by atoms with Crippen molar-refractivity contribution in [3.05, 3.63) is 92.7 Å². The van der Waals surface area contributed by atoms with E-state index in [1.807, 2.05) is 12.1 Å². The van der Waals surface area contributed by atoms with E-state index in [1.54, 1.807) is 18.2 Å². The van der Waals surface area contributed by atoms with Crippen LogP contribution in [-0.4, -0.2) is 47.8 Å². The lowest BCUT2D eigenvalue weighted by Crippen LogP contribution is -2.36. The highest BCUT2D eigenvalue weighted by molar-refractivity contribution is 7.99. The second-order valence-corrected chi connectivity index (χ2v) is 9.59. The molecule has 0 bridgehead atoms. The number of halogens is 2. The number of benzene rings is 2. The average molecular weight is 539 g/mol. The van der Waals surface area contributed by atoms with Crippen molar-refractivity contribution < 1.29 is 23.2 Å². The van der Waals surface area contributed by atoms with Gasteiger partial charge in [0.25, 0.3) is 17.4 Å². The lowest BCUT2D eigenvalue weighted by molar-refractivity contribution is -0.384. The molecule has 1 saturated heterocycles. The summed E-state index contributed by atoms with van der Waals surface area (Å²) in [5.74, 6) is -3.15. The van der Waals surface area contributed by atoms with Crippen LogP contribution in [0.1, 0.15) is 18.4 Å². The van der Waals surface area contributed by atoms with E-state index in [2.05, 4.69) is 10.2 Å². The molecular formula is C27H24F2N4O4S. The maximum Gasteiger partial charge on any atom is 0.288 e. The number of ether oxygens (including phenoxy) is 1. The maximum atomic E-state index is 12.9. The predicted octanol–water partition coefficient (Wildman–Crippen LogP) is 5.76. The highest BCUT2D eigenvalue weighted by atomic mass is 32.2. The summed E-state index contributed by atoms with van der Waals surface area (Å²) in [6, 6.07) is 14.3. The zero-order valence-electron chi connectivity index (χ0n) is 20.2. The largest absolute Gasteiger partial charge is 0.378 e. The van der Waals surface area contributed by atoms with Crippen molar-refractivity contribution in [2.24, 2.45) is 0 Å². The standard InChI is InChI=1S/C27H24F2N4O4S/c28-27(29)38-24-8-6-22(7-9-24)31-26(34)21(17-30)16-20-5-4-19(25(20)32-10-12-37-13-11-32)14-18-2-1-3-23(15-18)33(35)36/h1-3,6-9,14-16,27H,4-5,10-13H2,(H,31,34)/b19-14-,21-16+. The summed E-state index contributed by atoms with van der Waals surface area (Å²) in [7, 11) is 0. The fraction of sp³-hybridized carbons (Fsp3) is 0.259. The van der Waals surface area contributed by atoms with Crippen LogP contribution in [0.3, 0.4) is 0 Å².